The zero-order valence-corrected chi connectivity index (χ0v) is 19.8. The summed E-state index contributed by atoms with van der Waals surface area (Å²) in [5.74, 6) is 1.17. The van der Waals surface area contributed by atoms with Gasteiger partial charge >= 0.3 is 0 Å². The minimum absolute atomic E-state index is 0.146. The molecule has 0 radical (unpaired) electrons. The number of hydrogen-bond donors (Lipinski definition) is 1. The summed E-state index contributed by atoms with van der Waals surface area (Å²) in [4.78, 5) is 17.1. The third-order valence-corrected chi connectivity index (χ3v) is 6.17. The predicted octanol–water partition coefficient (Wildman–Crippen LogP) is 5.07. The number of carbonyl (C=O) groups is 1. The molecule has 1 unspecified atom stereocenters. The lowest BCUT2D eigenvalue weighted by Crippen LogP contribution is -2.23. The van der Waals surface area contributed by atoms with Gasteiger partial charge in [0.2, 0.25) is 5.91 Å². The maximum atomic E-state index is 13.0. The van der Waals surface area contributed by atoms with Gasteiger partial charge in [-0.1, -0.05) is 35.5 Å². The number of benzene rings is 2. The molecule has 0 saturated carbocycles. The molecule has 168 valence electrons. The van der Waals surface area contributed by atoms with Gasteiger partial charge in [-0.3, -0.25) is 14.3 Å². The van der Waals surface area contributed by atoms with Crippen molar-refractivity contribution < 1.29 is 9.53 Å². The molecule has 2 heterocycles. The number of nitrogens with one attached hydrogen (secondary N) is 1. The number of nitrogens with zero attached hydrogens (tertiary/aromatic N) is 4. The number of aryl methyl sites for hydroxylation is 2. The Labute approximate surface area is 197 Å². The fourth-order valence-corrected chi connectivity index (χ4v) is 4.19. The van der Waals surface area contributed by atoms with E-state index in [9.17, 15) is 4.79 Å². The number of methoxy groups -OCH3 is 1. The van der Waals surface area contributed by atoms with Gasteiger partial charge in [0, 0.05) is 23.6 Å². The average molecular weight is 460 g/mol. The van der Waals surface area contributed by atoms with Crippen LogP contribution in [0.15, 0.2) is 72.1 Å². The zero-order valence-electron chi connectivity index (χ0n) is 18.9. The van der Waals surface area contributed by atoms with Crippen LogP contribution >= 0.6 is 11.8 Å². The van der Waals surface area contributed by atoms with E-state index in [1.807, 2.05) is 79.9 Å². The molecule has 0 saturated heterocycles. The van der Waals surface area contributed by atoms with Crippen molar-refractivity contribution in [2.45, 2.75) is 31.2 Å². The summed E-state index contributed by atoms with van der Waals surface area (Å²) in [6.45, 7) is 5.86. The molecule has 2 aromatic heterocycles. The second-order valence-corrected chi connectivity index (χ2v) is 8.97. The number of anilines is 1. The summed E-state index contributed by atoms with van der Waals surface area (Å²) in [5, 5.41) is 12.0. The van der Waals surface area contributed by atoms with Crippen molar-refractivity contribution in [3.8, 4) is 22.8 Å². The van der Waals surface area contributed by atoms with Crippen LogP contribution in [-0.2, 0) is 4.79 Å². The minimum atomic E-state index is -0.422. The Hall–Kier alpha value is -3.65. The fourth-order valence-electron chi connectivity index (χ4n) is 3.33. The molecule has 2 aromatic carbocycles. The van der Waals surface area contributed by atoms with Gasteiger partial charge in [-0.2, -0.15) is 0 Å². The highest BCUT2D eigenvalue weighted by Gasteiger charge is 2.22. The van der Waals surface area contributed by atoms with Gasteiger partial charge in [0.15, 0.2) is 11.0 Å². The van der Waals surface area contributed by atoms with Gasteiger partial charge in [-0.15, -0.1) is 10.2 Å². The largest absolute Gasteiger partial charge is 0.495 e. The van der Waals surface area contributed by atoms with Crippen LogP contribution in [0.5, 0.6) is 5.75 Å². The van der Waals surface area contributed by atoms with Gasteiger partial charge < -0.3 is 10.1 Å². The Morgan fingerprint density at radius 2 is 1.70 bits per heavy atom. The Morgan fingerprint density at radius 1 is 1.00 bits per heavy atom. The van der Waals surface area contributed by atoms with Crippen LogP contribution in [0.3, 0.4) is 0 Å². The molecule has 8 heteroatoms. The molecule has 0 fully saturated rings. The normalized spacial score (nSPS) is 11.8. The van der Waals surface area contributed by atoms with Crippen LogP contribution in [0.4, 0.5) is 5.69 Å². The molecule has 0 aliphatic carbocycles. The molecule has 33 heavy (non-hydrogen) atoms. The third kappa shape index (κ3) is 5.06. The summed E-state index contributed by atoms with van der Waals surface area (Å²) in [7, 11) is 1.59. The molecule has 0 aliphatic heterocycles. The standard InChI is InChI=1S/C25H25N5O2S/c1-16-5-8-20(9-6-16)30-23(19-11-13-26-14-12-19)28-29-25(30)33-18(3)24(31)27-21-15-17(2)7-10-22(21)32-4/h5-15,18H,1-4H3,(H,27,31). The van der Waals surface area contributed by atoms with Gasteiger partial charge in [-0.05, 0) is 62.7 Å². The smallest absolute Gasteiger partial charge is 0.237 e. The van der Waals surface area contributed by atoms with Gasteiger partial charge in [-0.25, -0.2) is 0 Å². The fraction of sp³-hybridized carbons (Fsp3) is 0.200. The molecule has 4 aromatic rings. The Kier molecular flexibility index (Phi) is 6.74. The summed E-state index contributed by atoms with van der Waals surface area (Å²) >= 11 is 1.35. The maximum absolute atomic E-state index is 13.0. The highest BCUT2D eigenvalue weighted by Crippen LogP contribution is 2.31. The van der Waals surface area contributed by atoms with Crippen molar-refractivity contribution in [2.24, 2.45) is 0 Å². The number of ether oxygens (including phenoxy) is 1. The number of amides is 1. The monoisotopic (exact) mass is 459 g/mol. The second kappa shape index (κ2) is 9.87. The summed E-state index contributed by atoms with van der Waals surface area (Å²) in [5.41, 5.74) is 4.66. The van der Waals surface area contributed by atoms with Crippen LogP contribution in [0.25, 0.3) is 17.1 Å². The Morgan fingerprint density at radius 3 is 2.39 bits per heavy atom. The number of thioether (sulfide) groups is 1. The van der Waals surface area contributed by atoms with E-state index in [2.05, 4.69) is 20.5 Å². The highest BCUT2D eigenvalue weighted by molar-refractivity contribution is 8.00. The van der Waals surface area contributed by atoms with Crippen molar-refractivity contribution in [1.82, 2.24) is 19.7 Å². The first kappa shape index (κ1) is 22.5. The molecular weight excluding hydrogens is 434 g/mol. The van der Waals surface area contributed by atoms with E-state index >= 15 is 0 Å². The number of rotatable bonds is 7. The number of carbonyl (C=O) groups excluding carboxylic acids is 1. The first-order chi connectivity index (χ1) is 16.0. The topological polar surface area (TPSA) is 81.9 Å². The number of hydrogen-bond acceptors (Lipinski definition) is 6. The highest BCUT2D eigenvalue weighted by atomic mass is 32.2. The van der Waals surface area contributed by atoms with E-state index in [4.69, 9.17) is 4.74 Å². The van der Waals surface area contributed by atoms with E-state index in [0.717, 1.165) is 22.4 Å². The summed E-state index contributed by atoms with van der Waals surface area (Å²) in [6.07, 6.45) is 3.45. The molecule has 1 atom stereocenters. The molecular formula is C25H25N5O2S. The third-order valence-electron chi connectivity index (χ3n) is 5.13. The van der Waals surface area contributed by atoms with Crippen LogP contribution in [0, 0.1) is 13.8 Å². The molecule has 1 N–H and O–H groups in total. The SMILES string of the molecule is COc1ccc(C)cc1NC(=O)C(C)Sc1nnc(-c2ccncc2)n1-c1ccc(C)cc1. The van der Waals surface area contributed by atoms with E-state index in [1.165, 1.54) is 11.8 Å². The van der Waals surface area contributed by atoms with Crippen LogP contribution in [0.1, 0.15) is 18.1 Å². The van der Waals surface area contributed by atoms with Crippen molar-refractivity contribution in [2.75, 3.05) is 12.4 Å². The first-order valence-electron chi connectivity index (χ1n) is 10.5. The zero-order chi connectivity index (χ0) is 23.4. The Bertz CT molecular complexity index is 1260. The summed E-state index contributed by atoms with van der Waals surface area (Å²) < 4.78 is 7.35. The molecule has 4 rings (SSSR count). The Balaban J connectivity index is 1.64. The second-order valence-electron chi connectivity index (χ2n) is 7.67. The maximum Gasteiger partial charge on any atom is 0.237 e. The van der Waals surface area contributed by atoms with E-state index < -0.39 is 5.25 Å². The summed E-state index contributed by atoms with van der Waals surface area (Å²) in [6, 6.07) is 17.6. The first-order valence-corrected chi connectivity index (χ1v) is 11.4. The van der Waals surface area contributed by atoms with E-state index in [1.54, 1.807) is 19.5 Å². The molecule has 7 nitrogen and oxygen atoms in total. The van der Waals surface area contributed by atoms with E-state index in [0.29, 0.717) is 22.4 Å². The molecule has 0 spiro atoms. The lowest BCUT2D eigenvalue weighted by atomic mass is 10.2. The predicted molar refractivity (Wildman–Crippen MR) is 131 cm³/mol. The minimum Gasteiger partial charge on any atom is -0.495 e. The van der Waals surface area contributed by atoms with Gasteiger partial charge in [0.05, 0.1) is 18.0 Å². The molecule has 1 amide bonds. The van der Waals surface area contributed by atoms with Crippen molar-refractivity contribution >= 4 is 23.4 Å². The van der Waals surface area contributed by atoms with Crippen molar-refractivity contribution in [1.29, 1.82) is 0 Å². The number of aromatic nitrogens is 4. The lowest BCUT2D eigenvalue weighted by Gasteiger charge is -2.15. The van der Waals surface area contributed by atoms with Crippen LogP contribution in [-0.4, -0.2) is 38.0 Å². The number of pyridine rings is 1. The lowest BCUT2D eigenvalue weighted by molar-refractivity contribution is -0.115. The van der Waals surface area contributed by atoms with Crippen LogP contribution < -0.4 is 10.1 Å². The van der Waals surface area contributed by atoms with Gasteiger partial charge in [0.1, 0.15) is 5.75 Å². The van der Waals surface area contributed by atoms with Gasteiger partial charge in [0.25, 0.3) is 0 Å². The average Bonchev–Trinajstić information content (AvgIpc) is 3.23. The van der Waals surface area contributed by atoms with Crippen LogP contribution in [0.2, 0.25) is 0 Å². The van der Waals surface area contributed by atoms with E-state index in [-0.39, 0.29) is 5.91 Å². The molecule has 0 bridgehead atoms. The quantitative estimate of drug-likeness (QED) is 0.389. The van der Waals surface area contributed by atoms with Crippen molar-refractivity contribution in [3.05, 3.63) is 78.1 Å². The van der Waals surface area contributed by atoms with Crippen molar-refractivity contribution in [3.63, 3.8) is 0 Å². The molecule has 0 aliphatic rings.